The van der Waals surface area contributed by atoms with E-state index in [1.807, 2.05) is 26.2 Å². The minimum absolute atomic E-state index is 0.00738. The van der Waals surface area contributed by atoms with E-state index in [9.17, 15) is 9.59 Å². The second kappa shape index (κ2) is 14.8. The molecule has 0 bridgehead atoms. The fourth-order valence-corrected chi connectivity index (χ4v) is 7.41. The van der Waals surface area contributed by atoms with Crippen LogP contribution in [0.1, 0.15) is 64.9 Å². The van der Waals surface area contributed by atoms with Crippen molar-refractivity contribution in [3.05, 3.63) is 115 Å². The van der Waals surface area contributed by atoms with Gasteiger partial charge in [-0.3, -0.25) is 4.79 Å². The van der Waals surface area contributed by atoms with Crippen molar-refractivity contribution in [3.8, 4) is 50.7 Å². The number of likely N-dealkylation sites (tertiary alicyclic amines) is 1. The van der Waals surface area contributed by atoms with Crippen molar-refractivity contribution in [2.45, 2.75) is 65.0 Å². The summed E-state index contributed by atoms with van der Waals surface area (Å²) in [4.78, 5) is 43.4. The number of aromatic nitrogens is 5. The molecule has 1 saturated heterocycles. The Hall–Kier alpha value is -5.94. The highest BCUT2D eigenvalue weighted by molar-refractivity contribution is 5.86. The molecule has 7 rings (SSSR count). The van der Waals surface area contributed by atoms with E-state index >= 15 is 0 Å². The lowest BCUT2D eigenvalue weighted by Gasteiger charge is -2.33. The third kappa shape index (κ3) is 7.06. The lowest BCUT2D eigenvalue weighted by atomic mass is 9.87. The summed E-state index contributed by atoms with van der Waals surface area (Å²) in [7, 11) is 1.25. The molecule has 0 spiro atoms. The van der Waals surface area contributed by atoms with Gasteiger partial charge in [-0.1, -0.05) is 95.3 Å². The number of aromatic amines is 2. The summed E-state index contributed by atoms with van der Waals surface area (Å²) in [5, 5.41) is 0.899. The van der Waals surface area contributed by atoms with Crippen molar-refractivity contribution < 1.29 is 14.3 Å². The molecule has 2 atom stereocenters. The van der Waals surface area contributed by atoms with Gasteiger partial charge in [0.25, 0.3) is 0 Å². The fourth-order valence-electron chi connectivity index (χ4n) is 7.41. The molecule has 0 radical (unpaired) electrons. The average molecular weight is 725 g/mol. The maximum Gasteiger partial charge on any atom is 0.424 e. The Morgan fingerprint density at radius 2 is 1.52 bits per heavy atom. The van der Waals surface area contributed by atoms with Crippen LogP contribution in [0, 0.1) is 5.92 Å². The monoisotopic (exact) mass is 724 g/mol. The number of methoxy groups -OCH3 is 1. The largest absolute Gasteiger partial charge is 0.452 e. The Balaban J connectivity index is 1.19. The normalized spacial score (nSPS) is 15.1. The van der Waals surface area contributed by atoms with E-state index in [0.29, 0.717) is 12.4 Å². The number of hydrazine groups is 1. The van der Waals surface area contributed by atoms with Gasteiger partial charge in [-0.2, -0.15) is 0 Å². The summed E-state index contributed by atoms with van der Waals surface area (Å²) in [6, 6.07) is 29.1. The van der Waals surface area contributed by atoms with Crippen molar-refractivity contribution in [3.63, 3.8) is 0 Å². The molecule has 3 aromatic carbocycles. The van der Waals surface area contributed by atoms with E-state index < -0.39 is 12.1 Å². The number of carbonyl (C=O) groups is 2. The van der Waals surface area contributed by atoms with E-state index in [4.69, 9.17) is 15.6 Å². The van der Waals surface area contributed by atoms with Crippen molar-refractivity contribution in [2.75, 3.05) is 13.7 Å². The zero-order chi connectivity index (χ0) is 38.1. The fraction of sp³-hybridized carbons (Fsp3) is 0.302. The van der Waals surface area contributed by atoms with Crippen molar-refractivity contribution >= 4 is 12.0 Å². The highest BCUT2D eigenvalue weighted by Gasteiger charge is 2.40. The van der Waals surface area contributed by atoms with Gasteiger partial charge in [0.15, 0.2) is 0 Å². The first kappa shape index (κ1) is 36.4. The van der Waals surface area contributed by atoms with Crippen LogP contribution in [0.3, 0.4) is 0 Å². The molecule has 0 saturated carbocycles. The van der Waals surface area contributed by atoms with E-state index in [2.05, 4.69) is 125 Å². The molecule has 1 aliphatic heterocycles. The van der Waals surface area contributed by atoms with E-state index in [-0.39, 0.29) is 23.3 Å². The number of nitrogens with zero attached hydrogens (tertiary/aromatic N) is 5. The highest BCUT2D eigenvalue weighted by Crippen LogP contribution is 2.37. The number of imidazole rings is 2. The zero-order valence-electron chi connectivity index (χ0n) is 31.7. The van der Waals surface area contributed by atoms with Crippen LogP contribution < -0.4 is 5.84 Å². The Morgan fingerprint density at radius 3 is 2.09 bits per heavy atom. The Kier molecular flexibility index (Phi) is 10.00. The van der Waals surface area contributed by atoms with Crippen LogP contribution in [0.4, 0.5) is 4.79 Å². The van der Waals surface area contributed by atoms with Crippen LogP contribution in [-0.2, 0) is 14.9 Å². The van der Waals surface area contributed by atoms with Gasteiger partial charge in [-0.05, 0) is 76.3 Å². The number of ether oxygens (including phenoxy) is 1. The standard InChI is InChI=1S/C43H48N8O3/c1-27(2)39(51(44)42(53)54-6)41(52)49-22-8-11-38(49)40-46-25-35(48-40)29-14-18-31(19-15-29)37-21-20-36(30-16-12-28(13-17-30)34-24-45-26-47-34)50(37)33-10-7-9-32(23-33)43(3,4)5/h7,9-10,12-21,23-27,38-39H,8,11,22,44H2,1-6H3,(H,45,47)(H,46,48)/t38-,39-/m0/s1. The molecule has 54 heavy (non-hydrogen) atoms. The van der Waals surface area contributed by atoms with Crippen molar-refractivity contribution in [1.29, 1.82) is 0 Å². The first-order valence-electron chi connectivity index (χ1n) is 18.4. The lowest BCUT2D eigenvalue weighted by molar-refractivity contribution is -0.139. The first-order valence-corrected chi connectivity index (χ1v) is 18.4. The quantitative estimate of drug-likeness (QED) is 0.0777. The Morgan fingerprint density at radius 1 is 0.889 bits per heavy atom. The third-order valence-electron chi connectivity index (χ3n) is 10.3. The maximum atomic E-state index is 13.8. The number of hydrogen-bond donors (Lipinski definition) is 3. The predicted octanol–water partition coefficient (Wildman–Crippen LogP) is 8.52. The van der Waals surface area contributed by atoms with E-state index in [1.165, 1.54) is 12.7 Å². The highest BCUT2D eigenvalue weighted by atomic mass is 16.5. The number of H-pyrrole nitrogens is 2. The second-order valence-electron chi connectivity index (χ2n) is 15.3. The number of hydrogen-bond acceptors (Lipinski definition) is 6. The maximum absolute atomic E-state index is 13.8. The molecule has 3 aromatic heterocycles. The van der Waals surface area contributed by atoms with Gasteiger partial charge >= 0.3 is 6.09 Å². The lowest BCUT2D eigenvalue weighted by Crippen LogP contribution is -2.56. The van der Waals surface area contributed by atoms with Crippen molar-refractivity contribution in [1.82, 2.24) is 34.4 Å². The summed E-state index contributed by atoms with van der Waals surface area (Å²) in [5.41, 5.74) is 10.6. The number of carbonyl (C=O) groups excluding carboxylic acids is 2. The van der Waals surface area contributed by atoms with Crippen LogP contribution in [0.2, 0.25) is 0 Å². The number of nitrogens with two attached hydrogens (primary N) is 1. The van der Waals surface area contributed by atoms with Crippen LogP contribution in [0.15, 0.2) is 104 Å². The van der Waals surface area contributed by atoms with Crippen LogP contribution in [0.25, 0.3) is 50.7 Å². The van der Waals surface area contributed by atoms with E-state index in [0.717, 1.165) is 68.6 Å². The van der Waals surface area contributed by atoms with Gasteiger partial charge in [0.1, 0.15) is 11.9 Å². The number of nitrogens with one attached hydrogen (secondary N) is 2. The molecule has 11 nitrogen and oxygen atoms in total. The van der Waals surface area contributed by atoms with Gasteiger partial charge in [0.05, 0.1) is 54.6 Å². The number of rotatable bonds is 9. The third-order valence-corrected chi connectivity index (χ3v) is 10.3. The Bertz CT molecular complexity index is 2230. The smallest absolute Gasteiger partial charge is 0.424 e. The van der Waals surface area contributed by atoms with Gasteiger partial charge in [-0.15, -0.1) is 0 Å². The topological polar surface area (TPSA) is 138 Å². The Labute approximate surface area is 316 Å². The van der Waals surface area contributed by atoms with Crippen LogP contribution in [0.5, 0.6) is 0 Å². The van der Waals surface area contributed by atoms with Crippen molar-refractivity contribution in [2.24, 2.45) is 11.8 Å². The van der Waals surface area contributed by atoms with Crippen LogP contribution in [-0.4, -0.2) is 66.1 Å². The molecular formula is C43H48N8O3. The molecule has 1 aliphatic rings. The predicted molar refractivity (Wildman–Crippen MR) is 211 cm³/mol. The molecule has 2 amide bonds. The summed E-state index contributed by atoms with van der Waals surface area (Å²) >= 11 is 0. The minimum Gasteiger partial charge on any atom is -0.452 e. The summed E-state index contributed by atoms with van der Waals surface area (Å²) in [5.74, 6) is 6.35. The van der Waals surface area contributed by atoms with Gasteiger partial charge in [0, 0.05) is 12.2 Å². The van der Waals surface area contributed by atoms with Gasteiger partial charge in [0.2, 0.25) is 5.91 Å². The molecule has 6 aromatic rings. The molecule has 0 aliphatic carbocycles. The summed E-state index contributed by atoms with van der Waals surface area (Å²) < 4.78 is 7.14. The molecule has 11 heteroatoms. The zero-order valence-corrected chi connectivity index (χ0v) is 31.7. The number of benzene rings is 3. The summed E-state index contributed by atoms with van der Waals surface area (Å²) in [6.45, 7) is 11.0. The molecule has 4 heterocycles. The summed E-state index contributed by atoms with van der Waals surface area (Å²) in [6.07, 6.45) is 6.18. The first-order chi connectivity index (χ1) is 25.9. The second-order valence-corrected chi connectivity index (χ2v) is 15.3. The SMILES string of the molecule is COC(=O)N(N)[C@H](C(=O)N1CCC[C@H]1c1ncc(-c2ccc(-c3ccc(-c4ccc(-c5cnc[nH]5)cc4)n3-c3cccc(C(C)(C)C)c3)cc2)[nH]1)C(C)C. The van der Waals surface area contributed by atoms with Gasteiger partial charge < -0.3 is 24.2 Å². The molecular weight excluding hydrogens is 677 g/mol. The molecule has 1 fully saturated rings. The minimum atomic E-state index is -0.850. The van der Waals surface area contributed by atoms with E-state index in [1.54, 1.807) is 11.2 Å². The average Bonchev–Trinajstić information content (AvgIpc) is 4.01. The molecule has 278 valence electrons. The number of amides is 2. The molecule has 4 N–H and O–H groups in total. The van der Waals surface area contributed by atoms with Crippen LogP contribution >= 0.6 is 0 Å². The van der Waals surface area contributed by atoms with Gasteiger partial charge in [-0.25, -0.2) is 25.6 Å². The molecule has 0 unspecified atom stereocenters.